The molecule has 8 nitrogen and oxygen atoms in total. The average molecular weight is 483 g/mol. The summed E-state index contributed by atoms with van der Waals surface area (Å²) in [7, 11) is 0. The van der Waals surface area contributed by atoms with Gasteiger partial charge in [0.1, 0.15) is 10.1 Å². The topological polar surface area (TPSA) is 113 Å². The SMILES string of the molecule is O=C([O-])CN1C(=O)/C(=C\c2ccc(Oc3ccc(C(F)(F)F)cc3[N+](=O)[O-])cc2)SC1=S. The molecule has 1 aliphatic rings. The number of thioether (sulfide) groups is 1. The van der Waals surface area contributed by atoms with Crippen LogP contribution in [0.25, 0.3) is 6.08 Å². The lowest BCUT2D eigenvalue weighted by Gasteiger charge is -2.14. The van der Waals surface area contributed by atoms with Crippen LogP contribution in [0.4, 0.5) is 18.9 Å². The predicted octanol–water partition coefficient (Wildman–Crippen LogP) is 3.36. The van der Waals surface area contributed by atoms with E-state index in [9.17, 15) is 38.0 Å². The normalized spacial score (nSPS) is 15.3. The highest BCUT2D eigenvalue weighted by Crippen LogP contribution is 2.38. The monoisotopic (exact) mass is 483 g/mol. The molecule has 0 bridgehead atoms. The number of hydrogen-bond acceptors (Lipinski definition) is 8. The van der Waals surface area contributed by atoms with Gasteiger partial charge in [-0.25, -0.2) is 0 Å². The highest BCUT2D eigenvalue weighted by molar-refractivity contribution is 8.26. The van der Waals surface area contributed by atoms with Crippen LogP contribution in [-0.2, 0) is 15.8 Å². The summed E-state index contributed by atoms with van der Waals surface area (Å²) < 4.78 is 43.8. The summed E-state index contributed by atoms with van der Waals surface area (Å²) in [6.45, 7) is -0.666. The number of ether oxygens (including phenoxy) is 1. The Morgan fingerprint density at radius 3 is 2.44 bits per heavy atom. The van der Waals surface area contributed by atoms with Crippen molar-refractivity contribution in [2.45, 2.75) is 6.18 Å². The molecule has 0 aromatic heterocycles. The lowest BCUT2D eigenvalue weighted by molar-refractivity contribution is -0.385. The van der Waals surface area contributed by atoms with E-state index >= 15 is 0 Å². The van der Waals surface area contributed by atoms with Crippen LogP contribution in [0.1, 0.15) is 11.1 Å². The first-order valence-electron chi connectivity index (χ1n) is 8.54. The van der Waals surface area contributed by atoms with Crippen molar-refractivity contribution in [1.82, 2.24) is 4.90 Å². The van der Waals surface area contributed by atoms with E-state index in [2.05, 4.69) is 0 Å². The van der Waals surface area contributed by atoms with Gasteiger partial charge < -0.3 is 14.6 Å². The zero-order valence-electron chi connectivity index (χ0n) is 15.6. The van der Waals surface area contributed by atoms with Gasteiger partial charge in [-0.15, -0.1) is 0 Å². The number of alkyl halides is 3. The van der Waals surface area contributed by atoms with E-state index in [1.807, 2.05) is 0 Å². The largest absolute Gasteiger partial charge is 0.548 e. The second-order valence-corrected chi connectivity index (χ2v) is 7.92. The number of benzene rings is 2. The molecule has 166 valence electrons. The third-order valence-corrected chi connectivity index (χ3v) is 5.43. The molecular formula is C19H10F3N2O6S2-. The van der Waals surface area contributed by atoms with Gasteiger partial charge in [0.05, 0.1) is 27.9 Å². The third kappa shape index (κ3) is 5.23. The van der Waals surface area contributed by atoms with Crippen molar-refractivity contribution in [3.8, 4) is 11.5 Å². The number of amides is 1. The Hall–Kier alpha value is -3.45. The number of carboxylic acids is 1. The lowest BCUT2D eigenvalue weighted by Crippen LogP contribution is -2.40. The first kappa shape index (κ1) is 23.2. The average Bonchev–Trinajstić information content (AvgIpc) is 2.95. The van der Waals surface area contributed by atoms with Crippen LogP contribution in [0.2, 0.25) is 0 Å². The molecule has 32 heavy (non-hydrogen) atoms. The molecule has 0 radical (unpaired) electrons. The number of nitro groups is 1. The number of hydrogen-bond donors (Lipinski definition) is 0. The number of halogens is 3. The van der Waals surface area contributed by atoms with E-state index in [-0.39, 0.29) is 20.7 Å². The second-order valence-electron chi connectivity index (χ2n) is 6.25. The van der Waals surface area contributed by atoms with Crippen LogP contribution >= 0.6 is 24.0 Å². The number of rotatable bonds is 6. The Labute approximate surface area is 187 Å². The van der Waals surface area contributed by atoms with Crippen molar-refractivity contribution in [1.29, 1.82) is 0 Å². The van der Waals surface area contributed by atoms with Crippen molar-refractivity contribution < 1.29 is 37.5 Å². The Morgan fingerprint density at radius 2 is 1.88 bits per heavy atom. The van der Waals surface area contributed by atoms with Gasteiger partial charge in [-0.05, 0) is 35.9 Å². The lowest BCUT2D eigenvalue weighted by atomic mass is 10.1. The maximum atomic E-state index is 12.8. The fraction of sp³-hybridized carbons (Fsp3) is 0.105. The van der Waals surface area contributed by atoms with E-state index in [1.54, 1.807) is 0 Å². The molecule has 0 N–H and O–H groups in total. The first-order valence-corrected chi connectivity index (χ1v) is 9.77. The molecule has 0 spiro atoms. The highest BCUT2D eigenvalue weighted by Gasteiger charge is 2.34. The van der Waals surface area contributed by atoms with Gasteiger partial charge in [0.25, 0.3) is 5.91 Å². The van der Waals surface area contributed by atoms with Crippen LogP contribution in [0.3, 0.4) is 0 Å². The summed E-state index contributed by atoms with van der Waals surface area (Å²) in [6.07, 6.45) is -3.29. The molecule has 1 amide bonds. The van der Waals surface area contributed by atoms with Crippen molar-refractivity contribution in [3.05, 3.63) is 68.6 Å². The fourth-order valence-electron chi connectivity index (χ4n) is 2.60. The molecule has 13 heteroatoms. The van der Waals surface area contributed by atoms with Gasteiger partial charge in [-0.1, -0.05) is 36.1 Å². The molecule has 0 unspecified atom stereocenters. The predicted molar refractivity (Wildman–Crippen MR) is 110 cm³/mol. The van der Waals surface area contributed by atoms with Gasteiger partial charge >= 0.3 is 11.9 Å². The summed E-state index contributed by atoms with van der Waals surface area (Å²) >= 11 is 5.89. The van der Waals surface area contributed by atoms with Crippen LogP contribution in [0.5, 0.6) is 11.5 Å². The number of aliphatic carboxylic acids is 1. The van der Waals surface area contributed by atoms with Crippen LogP contribution in [0.15, 0.2) is 47.4 Å². The molecule has 2 aromatic rings. The highest BCUT2D eigenvalue weighted by atomic mass is 32.2. The van der Waals surface area contributed by atoms with E-state index < -0.39 is 40.8 Å². The molecule has 1 heterocycles. The number of carbonyl (C=O) groups is 2. The number of nitro benzene ring substituents is 1. The summed E-state index contributed by atoms with van der Waals surface area (Å²) in [5.74, 6) is -2.32. The molecule has 0 atom stereocenters. The van der Waals surface area contributed by atoms with Crippen LogP contribution < -0.4 is 9.84 Å². The molecule has 3 rings (SSSR count). The van der Waals surface area contributed by atoms with Crippen molar-refractivity contribution in [2.75, 3.05) is 6.54 Å². The number of carbonyl (C=O) groups excluding carboxylic acids is 2. The molecule has 0 saturated carbocycles. The van der Waals surface area contributed by atoms with Gasteiger partial charge in [0.2, 0.25) is 5.75 Å². The van der Waals surface area contributed by atoms with Crippen molar-refractivity contribution in [2.24, 2.45) is 0 Å². The minimum absolute atomic E-state index is 0.0695. The summed E-state index contributed by atoms with van der Waals surface area (Å²) in [5.41, 5.74) is -1.52. The van der Waals surface area contributed by atoms with Gasteiger partial charge in [0, 0.05) is 6.07 Å². The zero-order valence-corrected chi connectivity index (χ0v) is 17.3. The van der Waals surface area contributed by atoms with E-state index in [0.717, 1.165) is 22.7 Å². The van der Waals surface area contributed by atoms with Gasteiger partial charge in [0.15, 0.2) is 0 Å². The molecule has 1 aliphatic heterocycles. The number of carboxylic acid groups (broad SMARTS) is 1. The quantitative estimate of drug-likeness (QED) is 0.266. The smallest absolute Gasteiger partial charge is 0.416 e. The Balaban J connectivity index is 1.79. The Kier molecular flexibility index (Phi) is 6.50. The molecule has 1 fully saturated rings. The standard InChI is InChI=1S/C19H11F3N2O6S2/c20-19(21,22)11-3-6-14(13(8-11)24(28)29)30-12-4-1-10(2-5-12)7-15-17(27)23(9-16(25)26)18(31)32-15/h1-8H,9H2,(H,25,26)/p-1/b15-7+. The van der Waals surface area contributed by atoms with Crippen LogP contribution in [0, 0.1) is 10.1 Å². The van der Waals surface area contributed by atoms with E-state index in [0.29, 0.717) is 17.7 Å². The fourth-order valence-corrected chi connectivity index (χ4v) is 3.85. The molecule has 1 saturated heterocycles. The zero-order chi connectivity index (χ0) is 23.6. The summed E-state index contributed by atoms with van der Waals surface area (Å²) in [5, 5.41) is 21.9. The third-order valence-electron chi connectivity index (χ3n) is 4.05. The van der Waals surface area contributed by atoms with Crippen molar-refractivity contribution >= 4 is 51.9 Å². The maximum Gasteiger partial charge on any atom is 0.416 e. The van der Waals surface area contributed by atoms with E-state index in [4.69, 9.17) is 17.0 Å². The summed E-state index contributed by atoms with van der Waals surface area (Å²) in [4.78, 5) is 34.2. The maximum absolute atomic E-state index is 12.8. The Bertz CT molecular complexity index is 1150. The second kappa shape index (κ2) is 8.96. The number of thiocarbonyl (C=S) groups is 1. The van der Waals surface area contributed by atoms with Gasteiger partial charge in [-0.3, -0.25) is 19.8 Å². The Morgan fingerprint density at radius 1 is 1.22 bits per heavy atom. The molecule has 2 aromatic carbocycles. The van der Waals surface area contributed by atoms with Crippen LogP contribution in [-0.4, -0.2) is 32.6 Å². The minimum Gasteiger partial charge on any atom is -0.548 e. The number of nitrogens with zero attached hydrogens (tertiary/aromatic N) is 2. The summed E-state index contributed by atoms with van der Waals surface area (Å²) in [6, 6.07) is 7.71. The van der Waals surface area contributed by atoms with Crippen molar-refractivity contribution in [3.63, 3.8) is 0 Å². The minimum atomic E-state index is -4.74. The first-order chi connectivity index (χ1) is 15.0. The van der Waals surface area contributed by atoms with Gasteiger partial charge in [-0.2, -0.15) is 13.2 Å². The molecule has 0 aliphatic carbocycles. The molecular weight excluding hydrogens is 473 g/mol. The van der Waals surface area contributed by atoms with E-state index in [1.165, 1.54) is 30.3 Å².